The Labute approximate surface area is 120 Å². The molecule has 1 aliphatic heterocycles. The van der Waals surface area contributed by atoms with Crippen molar-refractivity contribution in [2.75, 3.05) is 7.05 Å². The molecule has 20 heavy (non-hydrogen) atoms. The van der Waals surface area contributed by atoms with E-state index in [4.69, 9.17) is 4.74 Å². The number of benzene rings is 2. The highest BCUT2D eigenvalue weighted by Gasteiger charge is 2.31. The highest BCUT2D eigenvalue weighted by atomic mass is 16.5. The standard InChI is InChI=1S/C18H21NO/c1-13(14-8-4-3-5-9-14)18-12-16(19-2)15-10-6-7-11-17(15)20-18/h3-11,13,16,18-19H,12H2,1-2H3. The molecule has 3 atom stereocenters. The maximum atomic E-state index is 6.24. The van der Waals surface area contributed by atoms with E-state index in [1.807, 2.05) is 13.1 Å². The Balaban J connectivity index is 1.87. The Bertz CT molecular complexity index is 567. The minimum atomic E-state index is 0.213. The fourth-order valence-corrected chi connectivity index (χ4v) is 3.00. The van der Waals surface area contributed by atoms with E-state index < -0.39 is 0 Å². The third-order valence-corrected chi connectivity index (χ3v) is 4.27. The predicted molar refractivity (Wildman–Crippen MR) is 82.1 cm³/mol. The summed E-state index contributed by atoms with van der Waals surface area (Å²) in [6, 6.07) is 19.3. The van der Waals surface area contributed by atoms with Crippen molar-refractivity contribution >= 4 is 0 Å². The van der Waals surface area contributed by atoms with Gasteiger partial charge in [-0.3, -0.25) is 0 Å². The maximum Gasteiger partial charge on any atom is 0.124 e. The van der Waals surface area contributed by atoms with Gasteiger partial charge in [-0.1, -0.05) is 55.5 Å². The molecule has 2 aromatic rings. The average Bonchev–Trinajstić information content (AvgIpc) is 2.54. The average molecular weight is 267 g/mol. The van der Waals surface area contributed by atoms with E-state index in [1.165, 1.54) is 11.1 Å². The van der Waals surface area contributed by atoms with Gasteiger partial charge in [-0.15, -0.1) is 0 Å². The van der Waals surface area contributed by atoms with Gasteiger partial charge in [0.1, 0.15) is 11.9 Å². The number of hydrogen-bond donors (Lipinski definition) is 1. The highest BCUT2D eigenvalue weighted by molar-refractivity contribution is 5.38. The molecule has 0 aromatic heterocycles. The quantitative estimate of drug-likeness (QED) is 0.910. The van der Waals surface area contributed by atoms with Crippen LogP contribution >= 0.6 is 0 Å². The summed E-state index contributed by atoms with van der Waals surface area (Å²) in [4.78, 5) is 0. The topological polar surface area (TPSA) is 21.3 Å². The van der Waals surface area contributed by atoms with Crippen LogP contribution in [0.1, 0.15) is 36.4 Å². The first-order chi connectivity index (χ1) is 9.79. The first-order valence-electron chi connectivity index (χ1n) is 7.27. The first kappa shape index (κ1) is 13.2. The minimum absolute atomic E-state index is 0.213. The van der Waals surface area contributed by atoms with Gasteiger partial charge in [0.2, 0.25) is 0 Å². The second-order valence-electron chi connectivity index (χ2n) is 5.47. The Morgan fingerprint density at radius 3 is 2.50 bits per heavy atom. The van der Waals surface area contributed by atoms with E-state index in [1.54, 1.807) is 0 Å². The van der Waals surface area contributed by atoms with Crippen molar-refractivity contribution < 1.29 is 4.74 Å². The molecule has 2 aromatic carbocycles. The van der Waals surface area contributed by atoms with Crippen molar-refractivity contribution in [2.45, 2.75) is 31.4 Å². The predicted octanol–water partition coefficient (Wildman–Crippen LogP) is 3.90. The molecule has 1 N–H and O–H groups in total. The summed E-state index contributed by atoms with van der Waals surface area (Å²) in [5, 5.41) is 3.42. The molecule has 0 radical (unpaired) electrons. The number of rotatable bonds is 3. The van der Waals surface area contributed by atoms with Gasteiger partial charge in [0.05, 0.1) is 0 Å². The van der Waals surface area contributed by atoms with Crippen molar-refractivity contribution in [1.82, 2.24) is 5.32 Å². The van der Waals surface area contributed by atoms with E-state index in [2.05, 4.69) is 60.8 Å². The first-order valence-corrected chi connectivity index (χ1v) is 7.27. The van der Waals surface area contributed by atoms with E-state index in [0.29, 0.717) is 12.0 Å². The molecule has 0 aliphatic carbocycles. The van der Waals surface area contributed by atoms with Crippen LogP contribution in [0.15, 0.2) is 54.6 Å². The van der Waals surface area contributed by atoms with E-state index in [-0.39, 0.29) is 6.10 Å². The van der Waals surface area contributed by atoms with Crippen molar-refractivity contribution in [2.24, 2.45) is 0 Å². The second kappa shape index (κ2) is 5.68. The van der Waals surface area contributed by atoms with E-state index in [9.17, 15) is 0 Å². The number of hydrogen-bond acceptors (Lipinski definition) is 2. The van der Waals surface area contributed by atoms with Gasteiger partial charge in [0.15, 0.2) is 0 Å². The Kier molecular flexibility index (Phi) is 3.75. The molecule has 0 amide bonds. The smallest absolute Gasteiger partial charge is 0.124 e. The van der Waals surface area contributed by atoms with Gasteiger partial charge in [0, 0.05) is 23.9 Å². The molecular weight excluding hydrogens is 246 g/mol. The van der Waals surface area contributed by atoms with Crippen molar-refractivity contribution in [3.8, 4) is 5.75 Å². The highest BCUT2D eigenvalue weighted by Crippen LogP contribution is 2.38. The third-order valence-electron chi connectivity index (χ3n) is 4.27. The summed E-state index contributed by atoms with van der Waals surface area (Å²) in [7, 11) is 2.02. The van der Waals surface area contributed by atoms with Crippen LogP contribution in [0.4, 0.5) is 0 Å². The molecule has 104 valence electrons. The molecule has 0 spiro atoms. The lowest BCUT2D eigenvalue weighted by atomic mass is 9.87. The SMILES string of the molecule is CNC1CC(C(C)c2ccccc2)Oc2ccccc21. The number of nitrogens with one attached hydrogen (secondary N) is 1. The van der Waals surface area contributed by atoms with Crippen molar-refractivity contribution in [3.63, 3.8) is 0 Å². The van der Waals surface area contributed by atoms with Crippen molar-refractivity contribution in [1.29, 1.82) is 0 Å². The largest absolute Gasteiger partial charge is 0.489 e. The van der Waals surface area contributed by atoms with Gasteiger partial charge in [0.25, 0.3) is 0 Å². The number of fused-ring (bicyclic) bond motifs is 1. The van der Waals surface area contributed by atoms with Gasteiger partial charge >= 0.3 is 0 Å². The van der Waals surface area contributed by atoms with Crippen LogP contribution in [0.3, 0.4) is 0 Å². The van der Waals surface area contributed by atoms with Gasteiger partial charge in [-0.2, -0.15) is 0 Å². The zero-order valence-electron chi connectivity index (χ0n) is 12.0. The van der Waals surface area contributed by atoms with Gasteiger partial charge in [-0.25, -0.2) is 0 Å². The summed E-state index contributed by atoms with van der Waals surface area (Å²) in [5.74, 6) is 1.41. The Hall–Kier alpha value is -1.80. The molecule has 3 unspecified atom stereocenters. The van der Waals surface area contributed by atoms with Crippen molar-refractivity contribution in [3.05, 3.63) is 65.7 Å². The molecule has 0 fully saturated rings. The fraction of sp³-hybridized carbons (Fsp3) is 0.333. The van der Waals surface area contributed by atoms with Gasteiger partial charge in [-0.05, 0) is 18.7 Å². The molecule has 0 bridgehead atoms. The van der Waals surface area contributed by atoms with Crippen LogP contribution in [0.5, 0.6) is 5.75 Å². The summed E-state index contributed by atoms with van der Waals surface area (Å²) < 4.78 is 6.24. The van der Waals surface area contributed by atoms with Gasteiger partial charge < -0.3 is 10.1 Å². The summed E-state index contributed by atoms with van der Waals surface area (Å²) in [5.41, 5.74) is 2.61. The summed E-state index contributed by atoms with van der Waals surface area (Å²) >= 11 is 0. The van der Waals surface area contributed by atoms with Crippen LogP contribution < -0.4 is 10.1 Å². The second-order valence-corrected chi connectivity index (χ2v) is 5.47. The molecule has 1 aliphatic rings. The minimum Gasteiger partial charge on any atom is -0.489 e. The van der Waals surface area contributed by atoms with E-state index in [0.717, 1.165) is 12.2 Å². The Morgan fingerprint density at radius 1 is 1.05 bits per heavy atom. The maximum absolute atomic E-state index is 6.24. The van der Waals surface area contributed by atoms with Crippen LogP contribution in [-0.2, 0) is 0 Å². The lowest BCUT2D eigenvalue weighted by molar-refractivity contribution is 0.130. The molecule has 2 heteroatoms. The van der Waals surface area contributed by atoms with Crippen LogP contribution in [-0.4, -0.2) is 13.2 Å². The van der Waals surface area contributed by atoms with E-state index >= 15 is 0 Å². The summed E-state index contributed by atoms with van der Waals surface area (Å²) in [6.45, 7) is 2.25. The zero-order valence-corrected chi connectivity index (χ0v) is 12.0. The molecule has 0 saturated carbocycles. The van der Waals surface area contributed by atoms with Crippen LogP contribution in [0.25, 0.3) is 0 Å². The van der Waals surface area contributed by atoms with Crippen LogP contribution in [0, 0.1) is 0 Å². The molecule has 1 heterocycles. The monoisotopic (exact) mass is 267 g/mol. The van der Waals surface area contributed by atoms with Crippen LogP contribution in [0.2, 0.25) is 0 Å². The lowest BCUT2D eigenvalue weighted by Gasteiger charge is -2.35. The Morgan fingerprint density at radius 2 is 1.75 bits per heavy atom. The fourth-order valence-electron chi connectivity index (χ4n) is 3.00. The summed E-state index contributed by atoms with van der Waals surface area (Å²) in [6.07, 6.45) is 1.22. The number of ether oxygens (including phenoxy) is 1. The lowest BCUT2D eigenvalue weighted by Crippen LogP contribution is -2.34. The molecule has 2 nitrogen and oxygen atoms in total. The zero-order chi connectivity index (χ0) is 13.9. The number of para-hydroxylation sites is 1. The molecule has 0 saturated heterocycles. The molecular formula is C18H21NO. The molecule has 3 rings (SSSR count). The normalized spacial score (nSPS) is 22.7. The third kappa shape index (κ3) is 2.44.